The van der Waals surface area contributed by atoms with Crippen LogP contribution in [0.5, 0.6) is 0 Å². The molecule has 0 rings (SSSR count). The Labute approximate surface area is 101 Å². The standard InChI is InChI=1S/C10H21N3O2S/c1-3-16-5-4-7(2)13-10(15)8(11)6-9(12)14/h7-8H,3-6,11H2,1-2H3,(H2,12,14)(H,13,15). The molecule has 0 saturated heterocycles. The van der Waals surface area contributed by atoms with Gasteiger partial charge in [0.2, 0.25) is 11.8 Å². The van der Waals surface area contributed by atoms with E-state index in [4.69, 9.17) is 11.5 Å². The summed E-state index contributed by atoms with van der Waals surface area (Å²) in [5.41, 5.74) is 10.5. The molecule has 0 aromatic heterocycles. The number of thioether (sulfide) groups is 1. The third-order valence-corrected chi connectivity index (χ3v) is 2.98. The minimum absolute atomic E-state index is 0.0745. The minimum Gasteiger partial charge on any atom is -0.370 e. The van der Waals surface area contributed by atoms with Crippen LogP contribution in [0.15, 0.2) is 0 Å². The molecule has 5 nitrogen and oxygen atoms in total. The van der Waals surface area contributed by atoms with E-state index in [1.165, 1.54) is 0 Å². The molecule has 0 fully saturated rings. The van der Waals surface area contributed by atoms with Gasteiger partial charge in [-0.3, -0.25) is 9.59 Å². The molecule has 2 amide bonds. The number of hydrogen-bond acceptors (Lipinski definition) is 4. The molecular weight excluding hydrogens is 226 g/mol. The van der Waals surface area contributed by atoms with Gasteiger partial charge in [0.15, 0.2) is 0 Å². The van der Waals surface area contributed by atoms with E-state index in [0.29, 0.717) is 0 Å². The van der Waals surface area contributed by atoms with E-state index in [-0.39, 0.29) is 18.4 Å². The van der Waals surface area contributed by atoms with Gasteiger partial charge in [-0.15, -0.1) is 0 Å². The van der Waals surface area contributed by atoms with Gasteiger partial charge in [0.25, 0.3) is 0 Å². The SMILES string of the molecule is CCSCCC(C)NC(=O)C(N)CC(N)=O. The predicted octanol–water partition coefficient (Wildman–Crippen LogP) is -0.163. The summed E-state index contributed by atoms with van der Waals surface area (Å²) in [6.45, 7) is 4.02. The van der Waals surface area contributed by atoms with Crippen molar-refractivity contribution in [2.75, 3.05) is 11.5 Å². The molecular formula is C10H21N3O2S. The molecule has 0 bridgehead atoms. The minimum atomic E-state index is -0.834. The molecule has 0 aliphatic rings. The van der Waals surface area contributed by atoms with Crippen molar-refractivity contribution in [3.63, 3.8) is 0 Å². The summed E-state index contributed by atoms with van der Waals surface area (Å²) in [5, 5.41) is 2.76. The molecule has 5 N–H and O–H groups in total. The molecule has 0 aliphatic heterocycles. The smallest absolute Gasteiger partial charge is 0.237 e. The van der Waals surface area contributed by atoms with E-state index in [9.17, 15) is 9.59 Å². The number of nitrogens with two attached hydrogens (primary N) is 2. The molecule has 0 aliphatic carbocycles. The second-order valence-corrected chi connectivity index (χ2v) is 5.07. The highest BCUT2D eigenvalue weighted by molar-refractivity contribution is 7.99. The Morgan fingerprint density at radius 1 is 1.44 bits per heavy atom. The molecule has 94 valence electrons. The van der Waals surface area contributed by atoms with Crippen LogP contribution in [0.2, 0.25) is 0 Å². The van der Waals surface area contributed by atoms with Gasteiger partial charge in [0.05, 0.1) is 12.5 Å². The van der Waals surface area contributed by atoms with Gasteiger partial charge in [0.1, 0.15) is 0 Å². The molecule has 0 spiro atoms. The lowest BCUT2D eigenvalue weighted by molar-refractivity contribution is -0.126. The lowest BCUT2D eigenvalue weighted by Gasteiger charge is -2.16. The fourth-order valence-corrected chi connectivity index (χ4v) is 1.94. The number of carbonyl (C=O) groups is 2. The molecule has 2 atom stereocenters. The summed E-state index contributed by atoms with van der Waals surface area (Å²) < 4.78 is 0. The van der Waals surface area contributed by atoms with E-state index in [0.717, 1.165) is 17.9 Å². The van der Waals surface area contributed by atoms with Gasteiger partial charge < -0.3 is 16.8 Å². The third-order valence-electron chi connectivity index (χ3n) is 2.05. The lowest BCUT2D eigenvalue weighted by atomic mass is 10.1. The van der Waals surface area contributed by atoms with E-state index in [2.05, 4.69) is 12.2 Å². The molecule has 0 heterocycles. The maximum Gasteiger partial charge on any atom is 0.237 e. The van der Waals surface area contributed by atoms with Crippen LogP contribution in [-0.4, -0.2) is 35.4 Å². The Kier molecular flexibility index (Phi) is 8.01. The first-order valence-corrected chi connectivity index (χ1v) is 6.54. The van der Waals surface area contributed by atoms with Gasteiger partial charge >= 0.3 is 0 Å². The van der Waals surface area contributed by atoms with Crippen molar-refractivity contribution in [2.45, 2.75) is 38.8 Å². The maximum atomic E-state index is 11.5. The maximum absolute atomic E-state index is 11.5. The quantitative estimate of drug-likeness (QED) is 0.519. The van der Waals surface area contributed by atoms with Crippen LogP contribution < -0.4 is 16.8 Å². The van der Waals surface area contributed by atoms with Crippen LogP contribution in [-0.2, 0) is 9.59 Å². The summed E-state index contributed by atoms with van der Waals surface area (Å²) in [6, 6.07) is -0.760. The van der Waals surface area contributed by atoms with Crippen molar-refractivity contribution in [1.29, 1.82) is 0 Å². The van der Waals surface area contributed by atoms with Gasteiger partial charge in [-0.25, -0.2) is 0 Å². The zero-order chi connectivity index (χ0) is 12.6. The summed E-state index contributed by atoms with van der Waals surface area (Å²) in [4.78, 5) is 22.0. The zero-order valence-electron chi connectivity index (χ0n) is 9.86. The van der Waals surface area contributed by atoms with Crippen molar-refractivity contribution in [3.05, 3.63) is 0 Å². The molecule has 0 aromatic carbocycles. The van der Waals surface area contributed by atoms with Crippen LogP contribution in [0.4, 0.5) is 0 Å². The Morgan fingerprint density at radius 2 is 2.06 bits per heavy atom. The zero-order valence-corrected chi connectivity index (χ0v) is 10.7. The molecule has 0 saturated carbocycles. The summed E-state index contributed by atoms with van der Waals surface area (Å²) >= 11 is 1.83. The second kappa shape index (κ2) is 8.41. The number of nitrogens with one attached hydrogen (secondary N) is 1. The van der Waals surface area contributed by atoms with Gasteiger partial charge in [-0.05, 0) is 24.9 Å². The molecule has 16 heavy (non-hydrogen) atoms. The largest absolute Gasteiger partial charge is 0.370 e. The molecule has 0 aromatic rings. The number of primary amides is 1. The van der Waals surface area contributed by atoms with E-state index < -0.39 is 11.9 Å². The number of amides is 2. The van der Waals surface area contributed by atoms with Crippen LogP contribution >= 0.6 is 11.8 Å². The molecule has 6 heteroatoms. The first kappa shape index (κ1) is 15.2. The van der Waals surface area contributed by atoms with E-state index >= 15 is 0 Å². The Balaban J connectivity index is 3.80. The van der Waals surface area contributed by atoms with Crippen molar-refractivity contribution in [3.8, 4) is 0 Å². The highest BCUT2D eigenvalue weighted by Crippen LogP contribution is 2.03. The van der Waals surface area contributed by atoms with E-state index in [1.54, 1.807) is 0 Å². The summed E-state index contributed by atoms with van der Waals surface area (Å²) in [5.74, 6) is 1.20. The number of hydrogen-bond donors (Lipinski definition) is 3. The Morgan fingerprint density at radius 3 is 2.56 bits per heavy atom. The van der Waals surface area contributed by atoms with E-state index in [1.807, 2.05) is 18.7 Å². The van der Waals surface area contributed by atoms with Crippen LogP contribution in [0.25, 0.3) is 0 Å². The number of rotatable bonds is 8. The predicted molar refractivity (Wildman–Crippen MR) is 67.0 cm³/mol. The normalized spacial score (nSPS) is 14.2. The van der Waals surface area contributed by atoms with Crippen molar-refractivity contribution in [1.82, 2.24) is 5.32 Å². The molecule has 2 unspecified atom stereocenters. The van der Waals surface area contributed by atoms with Gasteiger partial charge in [-0.1, -0.05) is 6.92 Å². The first-order chi connectivity index (χ1) is 7.47. The monoisotopic (exact) mass is 247 g/mol. The Hall–Kier alpha value is -0.750. The fourth-order valence-electron chi connectivity index (χ4n) is 1.14. The fraction of sp³-hybridized carbons (Fsp3) is 0.800. The first-order valence-electron chi connectivity index (χ1n) is 5.39. The van der Waals surface area contributed by atoms with Crippen molar-refractivity contribution >= 4 is 23.6 Å². The summed E-state index contributed by atoms with van der Waals surface area (Å²) in [6.07, 6.45) is 0.788. The highest BCUT2D eigenvalue weighted by atomic mass is 32.2. The average molecular weight is 247 g/mol. The number of carbonyl (C=O) groups excluding carboxylic acids is 2. The molecule has 0 radical (unpaired) electrons. The summed E-state index contributed by atoms with van der Waals surface area (Å²) in [7, 11) is 0. The van der Waals surface area contributed by atoms with Crippen molar-refractivity contribution in [2.24, 2.45) is 11.5 Å². The van der Waals surface area contributed by atoms with Gasteiger partial charge in [-0.2, -0.15) is 11.8 Å². The Bertz CT molecular complexity index is 236. The lowest BCUT2D eigenvalue weighted by Crippen LogP contribution is -2.46. The average Bonchev–Trinajstić information content (AvgIpc) is 2.16. The van der Waals surface area contributed by atoms with Crippen LogP contribution in [0, 0.1) is 0 Å². The highest BCUT2D eigenvalue weighted by Gasteiger charge is 2.17. The second-order valence-electron chi connectivity index (χ2n) is 3.67. The topological polar surface area (TPSA) is 98.2 Å². The van der Waals surface area contributed by atoms with Crippen molar-refractivity contribution < 1.29 is 9.59 Å². The van der Waals surface area contributed by atoms with Gasteiger partial charge in [0, 0.05) is 6.04 Å². The van der Waals surface area contributed by atoms with Crippen LogP contribution in [0.3, 0.4) is 0 Å². The van der Waals surface area contributed by atoms with Crippen LogP contribution in [0.1, 0.15) is 26.7 Å². The third kappa shape index (κ3) is 7.53.